The van der Waals surface area contributed by atoms with E-state index < -0.39 is 0 Å². The number of nitrogens with zero attached hydrogens (tertiary/aromatic N) is 1. The minimum atomic E-state index is 0.105. The predicted molar refractivity (Wildman–Crippen MR) is 64.2 cm³/mol. The summed E-state index contributed by atoms with van der Waals surface area (Å²) in [5.41, 5.74) is 0. The van der Waals surface area contributed by atoms with E-state index in [1.54, 1.807) is 0 Å². The van der Waals surface area contributed by atoms with Gasteiger partial charge in [0.25, 0.3) is 0 Å². The third-order valence-electron chi connectivity index (χ3n) is 3.27. The van der Waals surface area contributed by atoms with Crippen molar-refractivity contribution in [3.8, 4) is 0 Å². The molecule has 1 saturated heterocycles. The second kappa shape index (κ2) is 6.21. The number of likely N-dealkylation sites (N-methyl/N-ethyl adjacent to an activating group) is 1. The highest BCUT2D eigenvalue weighted by Gasteiger charge is 2.27. The number of carbonyl (C=O) groups is 1. The molecule has 0 spiro atoms. The number of amides is 1. The maximum atomic E-state index is 12.1. The zero-order valence-corrected chi connectivity index (χ0v) is 10.8. The van der Waals surface area contributed by atoms with Crippen molar-refractivity contribution in [1.29, 1.82) is 0 Å². The number of hydrogen-bond donors (Lipinski definition) is 1. The smallest absolute Gasteiger partial charge is 0.225 e. The molecule has 94 valence electrons. The lowest BCUT2D eigenvalue weighted by molar-refractivity contribution is -0.143. The SMILES string of the molecule is CNCC1CN(C(=O)C(C)C(C)C)CCO1. The summed E-state index contributed by atoms with van der Waals surface area (Å²) in [4.78, 5) is 14.1. The third kappa shape index (κ3) is 3.46. The van der Waals surface area contributed by atoms with Crippen LogP contribution in [0.2, 0.25) is 0 Å². The molecule has 0 saturated carbocycles. The monoisotopic (exact) mass is 228 g/mol. The Morgan fingerprint density at radius 2 is 2.19 bits per heavy atom. The van der Waals surface area contributed by atoms with Gasteiger partial charge in [0.2, 0.25) is 5.91 Å². The maximum absolute atomic E-state index is 12.1. The van der Waals surface area contributed by atoms with Gasteiger partial charge in [-0.1, -0.05) is 20.8 Å². The van der Waals surface area contributed by atoms with Gasteiger partial charge in [0, 0.05) is 25.6 Å². The van der Waals surface area contributed by atoms with Crippen LogP contribution < -0.4 is 5.32 Å². The summed E-state index contributed by atoms with van der Waals surface area (Å²) in [6.07, 6.45) is 0.141. The molecule has 0 radical (unpaired) electrons. The summed E-state index contributed by atoms with van der Waals surface area (Å²) < 4.78 is 5.58. The number of morpholine rings is 1. The molecule has 1 fully saturated rings. The Labute approximate surface area is 98.3 Å². The average molecular weight is 228 g/mol. The van der Waals surface area contributed by atoms with Crippen molar-refractivity contribution in [2.45, 2.75) is 26.9 Å². The van der Waals surface area contributed by atoms with Gasteiger partial charge < -0.3 is 15.0 Å². The van der Waals surface area contributed by atoms with Crippen LogP contribution in [0.15, 0.2) is 0 Å². The molecule has 0 aromatic carbocycles. The van der Waals surface area contributed by atoms with Crippen LogP contribution in [0.1, 0.15) is 20.8 Å². The standard InChI is InChI=1S/C12H24N2O2/c1-9(2)10(3)12(15)14-5-6-16-11(8-14)7-13-4/h9-11,13H,5-8H2,1-4H3. The summed E-state index contributed by atoms with van der Waals surface area (Å²) in [6, 6.07) is 0. The molecule has 16 heavy (non-hydrogen) atoms. The predicted octanol–water partition coefficient (Wildman–Crippen LogP) is 0.725. The minimum Gasteiger partial charge on any atom is -0.373 e. The highest BCUT2D eigenvalue weighted by molar-refractivity contribution is 5.78. The van der Waals surface area contributed by atoms with E-state index in [1.165, 1.54) is 0 Å². The van der Waals surface area contributed by atoms with Crippen molar-refractivity contribution in [1.82, 2.24) is 10.2 Å². The Morgan fingerprint density at radius 1 is 1.50 bits per heavy atom. The van der Waals surface area contributed by atoms with Crippen molar-refractivity contribution in [3.63, 3.8) is 0 Å². The van der Waals surface area contributed by atoms with E-state index in [-0.39, 0.29) is 17.9 Å². The number of hydrogen-bond acceptors (Lipinski definition) is 3. The first kappa shape index (κ1) is 13.5. The van der Waals surface area contributed by atoms with Crippen molar-refractivity contribution < 1.29 is 9.53 Å². The second-order valence-electron chi connectivity index (χ2n) is 4.87. The lowest BCUT2D eigenvalue weighted by Crippen LogP contribution is -2.50. The highest BCUT2D eigenvalue weighted by Crippen LogP contribution is 2.15. The summed E-state index contributed by atoms with van der Waals surface area (Å²) in [5.74, 6) is 0.769. The lowest BCUT2D eigenvalue weighted by Gasteiger charge is -2.35. The van der Waals surface area contributed by atoms with Crippen LogP contribution in [0.4, 0.5) is 0 Å². The minimum absolute atomic E-state index is 0.105. The quantitative estimate of drug-likeness (QED) is 0.771. The molecule has 0 aliphatic carbocycles. The first-order valence-corrected chi connectivity index (χ1v) is 6.11. The first-order chi connectivity index (χ1) is 7.56. The van der Waals surface area contributed by atoms with Crippen LogP contribution in [0.3, 0.4) is 0 Å². The van der Waals surface area contributed by atoms with Gasteiger partial charge in [-0.2, -0.15) is 0 Å². The fourth-order valence-electron chi connectivity index (χ4n) is 1.84. The van der Waals surface area contributed by atoms with Gasteiger partial charge in [-0.25, -0.2) is 0 Å². The lowest BCUT2D eigenvalue weighted by atomic mass is 9.96. The van der Waals surface area contributed by atoms with E-state index in [0.717, 1.165) is 19.6 Å². The number of carbonyl (C=O) groups excluding carboxylic acids is 1. The van der Waals surface area contributed by atoms with E-state index in [9.17, 15) is 4.79 Å². The van der Waals surface area contributed by atoms with Gasteiger partial charge >= 0.3 is 0 Å². The Bertz CT molecular complexity index is 229. The molecule has 1 N–H and O–H groups in total. The molecule has 4 heteroatoms. The zero-order chi connectivity index (χ0) is 12.1. The van der Waals surface area contributed by atoms with Gasteiger partial charge in [0.15, 0.2) is 0 Å². The molecule has 1 aliphatic heterocycles. The Morgan fingerprint density at radius 3 is 2.75 bits per heavy atom. The van der Waals surface area contributed by atoms with Crippen LogP contribution >= 0.6 is 0 Å². The van der Waals surface area contributed by atoms with Gasteiger partial charge in [-0.3, -0.25) is 4.79 Å². The van der Waals surface area contributed by atoms with Gasteiger partial charge in [0.05, 0.1) is 12.7 Å². The second-order valence-corrected chi connectivity index (χ2v) is 4.87. The zero-order valence-electron chi connectivity index (χ0n) is 10.8. The van der Waals surface area contributed by atoms with Crippen LogP contribution in [0, 0.1) is 11.8 Å². The topological polar surface area (TPSA) is 41.6 Å². The Kier molecular flexibility index (Phi) is 5.22. The van der Waals surface area contributed by atoms with Gasteiger partial charge in [0.1, 0.15) is 0 Å². The molecular formula is C12H24N2O2. The van der Waals surface area contributed by atoms with Crippen LogP contribution in [-0.4, -0.2) is 50.2 Å². The molecule has 1 amide bonds. The van der Waals surface area contributed by atoms with E-state index in [0.29, 0.717) is 12.5 Å². The molecule has 2 unspecified atom stereocenters. The summed E-state index contributed by atoms with van der Waals surface area (Å²) >= 11 is 0. The Balaban J connectivity index is 2.49. The van der Waals surface area contributed by atoms with E-state index in [4.69, 9.17) is 4.74 Å². The van der Waals surface area contributed by atoms with Crippen molar-refractivity contribution in [3.05, 3.63) is 0 Å². The third-order valence-corrected chi connectivity index (χ3v) is 3.27. The van der Waals surface area contributed by atoms with Gasteiger partial charge in [-0.05, 0) is 13.0 Å². The van der Waals surface area contributed by atoms with Crippen LogP contribution in [0.25, 0.3) is 0 Å². The highest BCUT2D eigenvalue weighted by atomic mass is 16.5. The molecule has 4 nitrogen and oxygen atoms in total. The summed E-state index contributed by atoms with van der Waals surface area (Å²) in [6.45, 7) is 9.10. The maximum Gasteiger partial charge on any atom is 0.225 e. The Hall–Kier alpha value is -0.610. The van der Waals surface area contributed by atoms with Gasteiger partial charge in [-0.15, -0.1) is 0 Å². The fraction of sp³-hybridized carbons (Fsp3) is 0.917. The molecule has 0 aromatic heterocycles. The van der Waals surface area contributed by atoms with E-state index in [2.05, 4.69) is 19.2 Å². The molecule has 0 bridgehead atoms. The number of nitrogens with one attached hydrogen (secondary N) is 1. The van der Waals surface area contributed by atoms with Crippen LogP contribution in [0.5, 0.6) is 0 Å². The van der Waals surface area contributed by atoms with E-state index in [1.807, 2.05) is 18.9 Å². The fourth-order valence-corrected chi connectivity index (χ4v) is 1.84. The average Bonchev–Trinajstić information content (AvgIpc) is 2.28. The summed E-state index contributed by atoms with van der Waals surface area (Å²) in [7, 11) is 1.90. The molecule has 1 rings (SSSR count). The van der Waals surface area contributed by atoms with Crippen molar-refractivity contribution >= 4 is 5.91 Å². The summed E-state index contributed by atoms with van der Waals surface area (Å²) in [5, 5.41) is 3.09. The molecule has 0 aromatic rings. The number of rotatable bonds is 4. The molecule has 2 atom stereocenters. The first-order valence-electron chi connectivity index (χ1n) is 6.11. The molecule has 1 aliphatic rings. The molecular weight excluding hydrogens is 204 g/mol. The molecule has 1 heterocycles. The van der Waals surface area contributed by atoms with Crippen LogP contribution in [-0.2, 0) is 9.53 Å². The van der Waals surface area contributed by atoms with Crippen molar-refractivity contribution in [2.24, 2.45) is 11.8 Å². The normalized spacial score (nSPS) is 23.6. The van der Waals surface area contributed by atoms with E-state index >= 15 is 0 Å². The van der Waals surface area contributed by atoms with Crippen molar-refractivity contribution in [2.75, 3.05) is 33.3 Å². The largest absolute Gasteiger partial charge is 0.373 e. The number of ether oxygens (including phenoxy) is 1.